The monoisotopic (exact) mass is 209 g/mol. The number of hydrogen-bond acceptors (Lipinski definition) is 2. The third kappa shape index (κ3) is 4.68. The lowest BCUT2D eigenvalue weighted by atomic mass is 10.2. The fourth-order valence-corrected chi connectivity index (χ4v) is 2.16. The summed E-state index contributed by atoms with van der Waals surface area (Å²) in [5.41, 5.74) is 6.76. The van der Waals surface area contributed by atoms with E-state index in [9.17, 15) is 0 Å². The Bertz CT molecular complexity index is 243. The molecule has 1 nitrogen and oxygen atoms in total. The van der Waals surface area contributed by atoms with Crippen LogP contribution in [0, 0.1) is 6.92 Å². The van der Waals surface area contributed by atoms with Gasteiger partial charge in [0.2, 0.25) is 0 Å². The number of nitrogens with two attached hydrogens (primary N) is 1. The van der Waals surface area contributed by atoms with Gasteiger partial charge in [0.15, 0.2) is 0 Å². The molecule has 0 atom stereocenters. The second kappa shape index (κ2) is 6.91. The van der Waals surface area contributed by atoms with Gasteiger partial charge in [-0.25, -0.2) is 0 Å². The number of thioether (sulfide) groups is 1. The van der Waals surface area contributed by atoms with Crippen LogP contribution in [0.4, 0.5) is 0 Å². The summed E-state index contributed by atoms with van der Waals surface area (Å²) in [5, 5.41) is 0. The second-order valence-electron chi connectivity index (χ2n) is 3.51. The van der Waals surface area contributed by atoms with E-state index in [4.69, 9.17) is 5.73 Å². The molecule has 0 amide bonds. The summed E-state index contributed by atoms with van der Waals surface area (Å²) in [6.45, 7) is 2.95. The predicted octanol–water partition coefficient (Wildman–Crippen LogP) is 3.22. The van der Waals surface area contributed by atoms with Crippen molar-refractivity contribution in [1.82, 2.24) is 0 Å². The van der Waals surface area contributed by atoms with E-state index in [0.717, 1.165) is 13.0 Å². The fourth-order valence-electron chi connectivity index (χ4n) is 1.25. The standard InChI is InChI=1S/C12H19NS/c1-11-5-7-12(8-6-11)14-10-4-2-3-9-13/h5-8H,2-4,9-10,13H2,1H3. The molecule has 0 heterocycles. The van der Waals surface area contributed by atoms with Gasteiger partial charge in [-0.15, -0.1) is 11.8 Å². The summed E-state index contributed by atoms with van der Waals surface area (Å²) >= 11 is 1.94. The third-order valence-corrected chi connectivity index (χ3v) is 3.24. The highest BCUT2D eigenvalue weighted by atomic mass is 32.2. The van der Waals surface area contributed by atoms with Gasteiger partial charge in [0, 0.05) is 4.90 Å². The molecule has 0 unspecified atom stereocenters. The smallest absolute Gasteiger partial charge is 0.00721 e. The van der Waals surface area contributed by atoms with Crippen LogP contribution in [0.15, 0.2) is 29.2 Å². The highest BCUT2D eigenvalue weighted by Gasteiger charge is 1.93. The molecule has 0 fully saturated rings. The molecule has 0 aliphatic heterocycles. The highest BCUT2D eigenvalue weighted by Crippen LogP contribution is 2.19. The van der Waals surface area contributed by atoms with Crippen molar-refractivity contribution in [2.75, 3.05) is 12.3 Å². The first-order valence-electron chi connectivity index (χ1n) is 5.22. The molecule has 0 aliphatic rings. The Balaban J connectivity index is 2.15. The molecule has 0 saturated carbocycles. The van der Waals surface area contributed by atoms with E-state index >= 15 is 0 Å². The molecule has 0 radical (unpaired) electrons. The molecule has 1 rings (SSSR count). The van der Waals surface area contributed by atoms with Crippen LogP contribution in [-0.4, -0.2) is 12.3 Å². The number of benzene rings is 1. The molecule has 0 saturated heterocycles. The second-order valence-corrected chi connectivity index (χ2v) is 4.68. The first-order valence-corrected chi connectivity index (χ1v) is 6.21. The van der Waals surface area contributed by atoms with E-state index in [1.165, 1.54) is 29.1 Å². The molecular weight excluding hydrogens is 190 g/mol. The van der Waals surface area contributed by atoms with E-state index in [1.54, 1.807) is 0 Å². The summed E-state index contributed by atoms with van der Waals surface area (Å²) in [4.78, 5) is 1.38. The van der Waals surface area contributed by atoms with E-state index < -0.39 is 0 Å². The molecule has 2 heteroatoms. The Morgan fingerprint density at radius 2 is 1.79 bits per heavy atom. The van der Waals surface area contributed by atoms with Crippen molar-refractivity contribution in [3.8, 4) is 0 Å². The van der Waals surface area contributed by atoms with Crippen molar-refractivity contribution in [3.63, 3.8) is 0 Å². The zero-order valence-electron chi connectivity index (χ0n) is 8.83. The van der Waals surface area contributed by atoms with Crippen LogP contribution >= 0.6 is 11.8 Å². The molecule has 1 aromatic carbocycles. The Kier molecular flexibility index (Phi) is 5.72. The Hall–Kier alpha value is -0.470. The summed E-state index contributed by atoms with van der Waals surface area (Å²) in [5.74, 6) is 1.21. The van der Waals surface area contributed by atoms with Gasteiger partial charge in [0.25, 0.3) is 0 Å². The molecule has 1 aromatic rings. The minimum Gasteiger partial charge on any atom is -0.330 e. The van der Waals surface area contributed by atoms with Crippen LogP contribution in [0.5, 0.6) is 0 Å². The molecule has 0 spiro atoms. The van der Waals surface area contributed by atoms with Crippen molar-refractivity contribution in [2.45, 2.75) is 31.1 Å². The maximum absolute atomic E-state index is 5.43. The maximum Gasteiger partial charge on any atom is 0.00721 e. The van der Waals surface area contributed by atoms with E-state index in [-0.39, 0.29) is 0 Å². The quantitative estimate of drug-likeness (QED) is 0.575. The SMILES string of the molecule is Cc1ccc(SCCCCCN)cc1. The number of aryl methyl sites for hydroxylation is 1. The van der Waals surface area contributed by atoms with E-state index in [1.807, 2.05) is 11.8 Å². The van der Waals surface area contributed by atoms with E-state index in [0.29, 0.717) is 0 Å². The predicted molar refractivity (Wildman–Crippen MR) is 64.8 cm³/mol. The van der Waals surface area contributed by atoms with Gasteiger partial charge in [-0.3, -0.25) is 0 Å². The molecule has 0 bridgehead atoms. The van der Waals surface area contributed by atoms with Crippen LogP contribution < -0.4 is 5.73 Å². The fraction of sp³-hybridized carbons (Fsp3) is 0.500. The largest absolute Gasteiger partial charge is 0.330 e. The number of hydrogen-bond donors (Lipinski definition) is 1. The Labute approximate surface area is 91.1 Å². The third-order valence-electron chi connectivity index (χ3n) is 2.14. The zero-order valence-corrected chi connectivity index (χ0v) is 9.65. The van der Waals surface area contributed by atoms with Crippen LogP contribution in [0.3, 0.4) is 0 Å². The van der Waals surface area contributed by atoms with Crippen LogP contribution in [0.1, 0.15) is 24.8 Å². The lowest BCUT2D eigenvalue weighted by Crippen LogP contribution is -1.97. The summed E-state index contributed by atoms with van der Waals surface area (Å²) in [7, 11) is 0. The lowest BCUT2D eigenvalue weighted by Gasteiger charge is -2.01. The van der Waals surface area contributed by atoms with Crippen molar-refractivity contribution >= 4 is 11.8 Å². The average Bonchev–Trinajstić information content (AvgIpc) is 2.21. The Morgan fingerprint density at radius 3 is 2.43 bits per heavy atom. The van der Waals surface area contributed by atoms with Crippen molar-refractivity contribution in [3.05, 3.63) is 29.8 Å². The van der Waals surface area contributed by atoms with Gasteiger partial charge >= 0.3 is 0 Å². The van der Waals surface area contributed by atoms with Gasteiger partial charge in [-0.2, -0.15) is 0 Å². The molecule has 0 aromatic heterocycles. The van der Waals surface area contributed by atoms with Crippen LogP contribution in [0.2, 0.25) is 0 Å². The van der Waals surface area contributed by atoms with Crippen molar-refractivity contribution < 1.29 is 0 Å². The summed E-state index contributed by atoms with van der Waals surface area (Å²) in [6, 6.07) is 8.73. The Morgan fingerprint density at radius 1 is 1.07 bits per heavy atom. The van der Waals surface area contributed by atoms with Crippen molar-refractivity contribution in [2.24, 2.45) is 5.73 Å². The average molecular weight is 209 g/mol. The van der Waals surface area contributed by atoms with Gasteiger partial charge in [-0.05, 0) is 44.2 Å². The topological polar surface area (TPSA) is 26.0 Å². The molecule has 14 heavy (non-hydrogen) atoms. The molecular formula is C12H19NS. The lowest BCUT2D eigenvalue weighted by molar-refractivity contribution is 0.732. The normalized spacial score (nSPS) is 10.4. The highest BCUT2D eigenvalue weighted by molar-refractivity contribution is 7.99. The number of rotatable bonds is 6. The first-order chi connectivity index (χ1) is 6.83. The van der Waals surface area contributed by atoms with Gasteiger partial charge < -0.3 is 5.73 Å². The minimum atomic E-state index is 0.829. The van der Waals surface area contributed by atoms with Crippen molar-refractivity contribution in [1.29, 1.82) is 0 Å². The maximum atomic E-state index is 5.43. The van der Waals surface area contributed by atoms with Crippen LogP contribution in [0.25, 0.3) is 0 Å². The zero-order chi connectivity index (χ0) is 10.2. The van der Waals surface area contributed by atoms with Crippen LogP contribution in [-0.2, 0) is 0 Å². The molecule has 0 aliphatic carbocycles. The molecule has 2 N–H and O–H groups in total. The van der Waals surface area contributed by atoms with Gasteiger partial charge in [-0.1, -0.05) is 24.1 Å². The van der Waals surface area contributed by atoms with Gasteiger partial charge in [0.05, 0.1) is 0 Å². The van der Waals surface area contributed by atoms with E-state index in [2.05, 4.69) is 31.2 Å². The van der Waals surface area contributed by atoms with Gasteiger partial charge in [0.1, 0.15) is 0 Å². The summed E-state index contributed by atoms with van der Waals surface area (Å²) in [6.07, 6.45) is 3.69. The number of unbranched alkanes of at least 4 members (excludes halogenated alkanes) is 2. The first kappa shape index (κ1) is 11.6. The minimum absolute atomic E-state index is 0.829. The summed E-state index contributed by atoms with van der Waals surface area (Å²) < 4.78 is 0. The molecule has 78 valence electrons.